The fourth-order valence-corrected chi connectivity index (χ4v) is 2.80. The van der Waals surface area contributed by atoms with E-state index in [-0.39, 0.29) is 0 Å². The molecule has 98 valence electrons. The van der Waals surface area contributed by atoms with Gasteiger partial charge in [-0.3, -0.25) is 0 Å². The van der Waals surface area contributed by atoms with E-state index in [9.17, 15) is 9.90 Å². The zero-order valence-electron chi connectivity index (χ0n) is 10.3. The molecule has 4 heteroatoms. The number of aliphatic carboxylic acids is 1. The topological polar surface area (TPSA) is 49.3 Å². The molecule has 2 N–H and O–H groups in total. The number of carbonyl (C=O) groups is 1. The summed E-state index contributed by atoms with van der Waals surface area (Å²) < 4.78 is 0.998. The maximum absolute atomic E-state index is 11.6. The van der Waals surface area contributed by atoms with Crippen LogP contribution in [0.3, 0.4) is 0 Å². The quantitative estimate of drug-likeness (QED) is 0.828. The monoisotopic (exact) mass is 311 g/mol. The third-order valence-corrected chi connectivity index (χ3v) is 4.12. The van der Waals surface area contributed by atoms with Gasteiger partial charge in [0, 0.05) is 10.2 Å². The molecule has 0 unspecified atom stereocenters. The van der Waals surface area contributed by atoms with Crippen molar-refractivity contribution in [2.75, 3.05) is 5.32 Å². The second-order valence-corrected chi connectivity index (χ2v) is 5.85. The summed E-state index contributed by atoms with van der Waals surface area (Å²) in [7, 11) is 0. The number of benzene rings is 1. The Bertz CT molecular complexity index is 408. The molecule has 0 spiro atoms. The Labute approximate surface area is 116 Å². The van der Waals surface area contributed by atoms with Crippen LogP contribution in [0.1, 0.15) is 38.5 Å². The Morgan fingerprint density at radius 2 is 1.67 bits per heavy atom. The van der Waals surface area contributed by atoms with E-state index in [0.717, 1.165) is 35.8 Å². The number of nitrogens with one attached hydrogen (secondary N) is 1. The molecule has 18 heavy (non-hydrogen) atoms. The van der Waals surface area contributed by atoms with Gasteiger partial charge in [0.2, 0.25) is 0 Å². The highest BCUT2D eigenvalue weighted by Crippen LogP contribution is 2.31. The average molecular weight is 312 g/mol. The molecule has 1 fully saturated rings. The molecule has 1 aromatic rings. The third-order valence-electron chi connectivity index (χ3n) is 3.59. The summed E-state index contributed by atoms with van der Waals surface area (Å²) in [6.45, 7) is 0. The smallest absolute Gasteiger partial charge is 0.329 e. The number of hydrogen-bond donors (Lipinski definition) is 2. The van der Waals surface area contributed by atoms with E-state index in [1.165, 1.54) is 0 Å². The van der Waals surface area contributed by atoms with Gasteiger partial charge in [0.05, 0.1) is 0 Å². The van der Waals surface area contributed by atoms with E-state index >= 15 is 0 Å². The van der Waals surface area contributed by atoms with E-state index in [2.05, 4.69) is 21.2 Å². The fourth-order valence-electron chi connectivity index (χ4n) is 2.53. The third kappa shape index (κ3) is 3.05. The lowest BCUT2D eigenvalue weighted by molar-refractivity contribution is -0.142. The second-order valence-electron chi connectivity index (χ2n) is 4.93. The Kier molecular flexibility index (Phi) is 4.27. The van der Waals surface area contributed by atoms with Crippen LogP contribution >= 0.6 is 15.9 Å². The molecule has 1 saturated carbocycles. The van der Waals surface area contributed by atoms with Gasteiger partial charge in [-0.2, -0.15) is 0 Å². The van der Waals surface area contributed by atoms with Crippen molar-refractivity contribution in [3.8, 4) is 0 Å². The van der Waals surface area contributed by atoms with Crippen molar-refractivity contribution in [3.05, 3.63) is 28.7 Å². The van der Waals surface area contributed by atoms with Gasteiger partial charge in [0.1, 0.15) is 5.54 Å². The summed E-state index contributed by atoms with van der Waals surface area (Å²) in [5.74, 6) is -0.729. The number of rotatable bonds is 3. The summed E-state index contributed by atoms with van der Waals surface area (Å²) in [6, 6.07) is 7.68. The maximum Gasteiger partial charge on any atom is 0.329 e. The molecule has 0 atom stereocenters. The van der Waals surface area contributed by atoms with Crippen molar-refractivity contribution in [1.29, 1.82) is 0 Å². The Morgan fingerprint density at radius 3 is 2.17 bits per heavy atom. The lowest BCUT2D eigenvalue weighted by atomic mass is 9.90. The first kappa shape index (κ1) is 13.4. The molecule has 0 radical (unpaired) electrons. The van der Waals surface area contributed by atoms with Gasteiger partial charge in [0.15, 0.2) is 0 Å². The van der Waals surface area contributed by atoms with Gasteiger partial charge in [-0.25, -0.2) is 4.79 Å². The molecule has 0 amide bonds. The Balaban J connectivity index is 2.19. The van der Waals surface area contributed by atoms with E-state index in [1.807, 2.05) is 24.3 Å². The minimum Gasteiger partial charge on any atom is -0.480 e. The minimum absolute atomic E-state index is 0.707. The zero-order chi connectivity index (χ0) is 13.0. The summed E-state index contributed by atoms with van der Waals surface area (Å²) in [5.41, 5.74) is 0.0899. The number of hydrogen-bond acceptors (Lipinski definition) is 2. The van der Waals surface area contributed by atoms with Crippen molar-refractivity contribution in [1.82, 2.24) is 0 Å². The van der Waals surface area contributed by atoms with Crippen LogP contribution < -0.4 is 5.32 Å². The van der Waals surface area contributed by atoms with Crippen LogP contribution in [-0.2, 0) is 4.79 Å². The number of halogens is 1. The average Bonchev–Trinajstić information content (AvgIpc) is 2.59. The minimum atomic E-state index is -0.787. The molecule has 2 rings (SSSR count). The van der Waals surface area contributed by atoms with Gasteiger partial charge in [-0.1, -0.05) is 41.6 Å². The van der Waals surface area contributed by atoms with E-state index in [0.29, 0.717) is 12.8 Å². The molecule has 3 nitrogen and oxygen atoms in total. The van der Waals surface area contributed by atoms with Gasteiger partial charge in [-0.15, -0.1) is 0 Å². The van der Waals surface area contributed by atoms with Crippen molar-refractivity contribution < 1.29 is 9.90 Å². The van der Waals surface area contributed by atoms with E-state index < -0.39 is 11.5 Å². The molecular formula is C14H18BrNO2. The van der Waals surface area contributed by atoms with Crippen LogP contribution in [0.5, 0.6) is 0 Å². The van der Waals surface area contributed by atoms with Crippen molar-refractivity contribution in [2.45, 2.75) is 44.1 Å². The van der Waals surface area contributed by atoms with Gasteiger partial charge in [-0.05, 0) is 37.1 Å². The summed E-state index contributed by atoms with van der Waals surface area (Å²) >= 11 is 3.38. The maximum atomic E-state index is 11.6. The predicted molar refractivity (Wildman–Crippen MR) is 75.8 cm³/mol. The van der Waals surface area contributed by atoms with E-state index in [4.69, 9.17) is 0 Å². The fraction of sp³-hybridized carbons (Fsp3) is 0.500. The largest absolute Gasteiger partial charge is 0.480 e. The van der Waals surface area contributed by atoms with Gasteiger partial charge in [0.25, 0.3) is 0 Å². The van der Waals surface area contributed by atoms with Crippen LogP contribution in [0.15, 0.2) is 28.7 Å². The second kappa shape index (κ2) is 5.74. The molecular weight excluding hydrogens is 294 g/mol. The van der Waals surface area contributed by atoms with Crippen LogP contribution in [-0.4, -0.2) is 16.6 Å². The number of carboxylic acids is 1. The molecule has 0 bridgehead atoms. The van der Waals surface area contributed by atoms with Crippen LogP contribution in [0.25, 0.3) is 0 Å². The SMILES string of the molecule is O=C(O)C1(Nc2ccc(Br)cc2)CCCCCC1. The highest BCUT2D eigenvalue weighted by atomic mass is 79.9. The molecule has 0 heterocycles. The number of anilines is 1. The first-order valence-corrected chi connectivity index (χ1v) is 7.19. The first-order chi connectivity index (χ1) is 8.62. The standard InChI is InChI=1S/C14H18BrNO2/c15-11-5-7-12(8-6-11)16-14(13(17)18)9-3-1-2-4-10-14/h5-8,16H,1-4,9-10H2,(H,17,18). The molecule has 1 aliphatic rings. The number of carboxylic acid groups (broad SMARTS) is 1. The molecule has 0 saturated heterocycles. The lowest BCUT2D eigenvalue weighted by Crippen LogP contribution is -2.45. The highest BCUT2D eigenvalue weighted by molar-refractivity contribution is 9.10. The predicted octanol–water partition coefficient (Wildman–Crippen LogP) is 4.04. The van der Waals surface area contributed by atoms with Crippen molar-refractivity contribution in [3.63, 3.8) is 0 Å². The van der Waals surface area contributed by atoms with Crippen molar-refractivity contribution in [2.24, 2.45) is 0 Å². The Hall–Kier alpha value is -1.03. The van der Waals surface area contributed by atoms with Crippen LogP contribution in [0.2, 0.25) is 0 Å². The Morgan fingerprint density at radius 1 is 1.11 bits per heavy atom. The lowest BCUT2D eigenvalue weighted by Gasteiger charge is -2.30. The molecule has 1 aromatic carbocycles. The van der Waals surface area contributed by atoms with Crippen LogP contribution in [0, 0.1) is 0 Å². The summed E-state index contributed by atoms with van der Waals surface area (Å²) in [4.78, 5) is 11.6. The van der Waals surface area contributed by atoms with E-state index in [1.54, 1.807) is 0 Å². The zero-order valence-corrected chi connectivity index (χ0v) is 11.9. The molecule has 0 aliphatic heterocycles. The summed E-state index contributed by atoms with van der Waals surface area (Å²) in [5, 5.41) is 12.8. The van der Waals surface area contributed by atoms with Gasteiger partial charge < -0.3 is 10.4 Å². The van der Waals surface area contributed by atoms with Crippen LogP contribution in [0.4, 0.5) is 5.69 Å². The normalized spacial score (nSPS) is 18.9. The van der Waals surface area contributed by atoms with Gasteiger partial charge >= 0.3 is 5.97 Å². The first-order valence-electron chi connectivity index (χ1n) is 6.40. The molecule has 1 aliphatic carbocycles. The van der Waals surface area contributed by atoms with Crippen molar-refractivity contribution >= 4 is 27.6 Å². The summed E-state index contributed by atoms with van der Waals surface area (Å²) in [6.07, 6.45) is 5.65. The highest BCUT2D eigenvalue weighted by Gasteiger charge is 2.38. The molecule has 0 aromatic heterocycles.